The Labute approximate surface area is 230 Å². The largest absolute Gasteiger partial charge is 0.481 e. The van der Waals surface area contributed by atoms with Gasteiger partial charge in [-0.15, -0.1) is 11.3 Å². The lowest BCUT2D eigenvalue weighted by molar-refractivity contribution is -0.222. The summed E-state index contributed by atoms with van der Waals surface area (Å²) in [6, 6.07) is 4.09. The van der Waals surface area contributed by atoms with E-state index in [0.717, 1.165) is 6.42 Å². The number of ether oxygens (including phenoxy) is 2. The van der Waals surface area contributed by atoms with Crippen LogP contribution in [0.15, 0.2) is 50.5 Å². The summed E-state index contributed by atoms with van der Waals surface area (Å²) in [7, 11) is 0. The van der Waals surface area contributed by atoms with Crippen LogP contribution in [0.3, 0.4) is 0 Å². The van der Waals surface area contributed by atoms with Gasteiger partial charge in [0.15, 0.2) is 10.8 Å². The normalized spacial score (nSPS) is 29.9. The van der Waals surface area contributed by atoms with Crippen molar-refractivity contribution in [1.82, 2.24) is 15.2 Å². The summed E-state index contributed by atoms with van der Waals surface area (Å²) >= 11 is 4.77. The molecular formula is C26H26BrFN4O5S. The van der Waals surface area contributed by atoms with Gasteiger partial charge in [-0.3, -0.25) is 14.7 Å². The highest BCUT2D eigenvalue weighted by Crippen LogP contribution is 2.65. The molecule has 200 valence electrons. The standard InChI is InChI=1S/C26H26BrFN4O5S/c1-2-37-25(35)20-16(10-32-17-8-13(9-19(33)34)26(17)12-36-11-18(26)32)30-23(24-29-6-7-38-24)31-22(20)14-4-3-5-15(28)21(14)27/h3-7,13,17-18,22H,2,8-12H2,1H3,(H,30,31)(H,33,34)/t13?,17?,18?,22-,26?/m0/s1. The second-order valence-electron chi connectivity index (χ2n) is 9.96. The zero-order valence-electron chi connectivity index (χ0n) is 20.5. The topological polar surface area (TPSA) is 113 Å². The molecule has 1 spiro atoms. The molecule has 12 heteroatoms. The zero-order valence-corrected chi connectivity index (χ0v) is 22.9. The predicted molar refractivity (Wildman–Crippen MR) is 140 cm³/mol. The van der Waals surface area contributed by atoms with Crippen LogP contribution in [0.25, 0.3) is 0 Å². The lowest BCUT2D eigenvalue weighted by Crippen LogP contribution is -2.80. The molecule has 9 nitrogen and oxygen atoms in total. The number of aromatic nitrogens is 1. The monoisotopic (exact) mass is 604 g/mol. The molecule has 5 atom stereocenters. The molecule has 0 radical (unpaired) electrons. The molecule has 6 rings (SSSR count). The second kappa shape index (κ2) is 9.82. The Morgan fingerprint density at radius 3 is 2.97 bits per heavy atom. The number of aliphatic carboxylic acids is 1. The molecule has 1 saturated carbocycles. The first-order valence-electron chi connectivity index (χ1n) is 12.5. The van der Waals surface area contributed by atoms with Gasteiger partial charge in [0.25, 0.3) is 0 Å². The number of piperidine rings is 1. The Balaban J connectivity index is 1.40. The Morgan fingerprint density at radius 1 is 1.39 bits per heavy atom. The van der Waals surface area contributed by atoms with Gasteiger partial charge >= 0.3 is 11.9 Å². The number of carboxylic acid groups (broad SMARTS) is 1. The second-order valence-corrected chi connectivity index (χ2v) is 11.6. The van der Waals surface area contributed by atoms with Gasteiger partial charge in [0.05, 0.1) is 29.9 Å². The van der Waals surface area contributed by atoms with E-state index >= 15 is 0 Å². The number of nitrogens with one attached hydrogen (secondary N) is 1. The van der Waals surface area contributed by atoms with Crippen LogP contribution >= 0.6 is 27.3 Å². The van der Waals surface area contributed by atoms with Crippen molar-refractivity contribution in [3.05, 3.63) is 61.9 Å². The molecule has 0 amide bonds. The van der Waals surface area contributed by atoms with E-state index < -0.39 is 23.8 Å². The maximum atomic E-state index is 14.6. The van der Waals surface area contributed by atoms with E-state index in [2.05, 4.69) is 31.1 Å². The molecule has 38 heavy (non-hydrogen) atoms. The number of halogens is 2. The number of hydrogen-bond acceptors (Lipinski definition) is 9. The van der Waals surface area contributed by atoms with Crippen molar-refractivity contribution in [2.45, 2.75) is 37.9 Å². The van der Waals surface area contributed by atoms with Gasteiger partial charge in [-0.05, 0) is 46.8 Å². The third kappa shape index (κ3) is 3.92. The number of benzene rings is 1. The molecule has 1 aliphatic carbocycles. The van der Waals surface area contributed by atoms with Crippen molar-refractivity contribution < 1.29 is 28.6 Å². The molecule has 4 heterocycles. The molecular weight excluding hydrogens is 579 g/mol. The lowest BCUT2D eigenvalue weighted by Gasteiger charge is -2.71. The first-order chi connectivity index (χ1) is 18.3. The molecule has 2 aromatic rings. The lowest BCUT2D eigenvalue weighted by atomic mass is 9.46. The van der Waals surface area contributed by atoms with E-state index in [1.54, 1.807) is 25.3 Å². The van der Waals surface area contributed by atoms with Gasteiger partial charge in [-0.25, -0.2) is 14.2 Å². The van der Waals surface area contributed by atoms with Crippen LogP contribution in [0.4, 0.5) is 4.39 Å². The highest BCUT2D eigenvalue weighted by molar-refractivity contribution is 9.10. The minimum atomic E-state index is -0.818. The number of aliphatic imine (C=N–C) groups is 1. The fourth-order valence-corrected chi connectivity index (χ4v) is 7.64. The molecule has 3 aliphatic heterocycles. The molecule has 1 aromatic carbocycles. The van der Waals surface area contributed by atoms with Crippen LogP contribution in [0.2, 0.25) is 0 Å². The fraction of sp³-hybridized carbons (Fsp3) is 0.462. The summed E-state index contributed by atoms with van der Waals surface area (Å²) in [6.45, 7) is 3.38. The zero-order chi connectivity index (χ0) is 26.6. The predicted octanol–water partition coefficient (Wildman–Crippen LogP) is 3.52. The van der Waals surface area contributed by atoms with Crippen LogP contribution < -0.4 is 5.32 Å². The van der Waals surface area contributed by atoms with Gasteiger partial charge in [0.2, 0.25) is 0 Å². The number of carbonyl (C=O) groups excluding carboxylic acids is 1. The number of amidine groups is 1. The van der Waals surface area contributed by atoms with Gasteiger partial charge < -0.3 is 19.9 Å². The molecule has 2 N–H and O–H groups in total. The highest BCUT2D eigenvalue weighted by Gasteiger charge is 2.73. The number of carboxylic acids is 1. The van der Waals surface area contributed by atoms with Gasteiger partial charge in [0, 0.05) is 47.7 Å². The Kier molecular flexibility index (Phi) is 6.61. The minimum Gasteiger partial charge on any atom is -0.481 e. The van der Waals surface area contributed by atoms with Crippen molar-refractivity contribution >= 4 is 45.0 Å². The van der Waals surface area contributed by atoms with Crippen LogP contribution in [0, 0.1) is 17.2 Å². The Hall–Kier alpha value is -2.67. The summed E-state index contributed by atoms with van der Waals surface area (Å²) in [5, 5.41) is 15.2. The van der Waals surface area contributed by atoms with Crippen molar-refractivity contribution in [3.8, 4) is 0 Å². The summed E-state index contributed by atoms with van der Waals surface area (Å²) in [5.74, 6) is -1.19. The SMILES string of the molecule is CCOC(=O)C1=C(CN2C3COCC34C(CC(=O)O)CC24)NC(c2nccs2)=N[C@H]1c1cccc(F)c1Br. The van der Waals surface area contributed by atoms with E-state index in [9.17, 15) is 19.1 Å². The number of carbonyl (C=O) groups is 2. The van der Waals surface area contributed by atoms with E-state index in [1.165, 1.54) is 17.4 Å². The van der Waals surface area contributed by atoms with Crippen LogP contribution in [-0.2, 0) is 19.1 Å². The van der Waals surface area contributed by atoms with Crippen molar-refractivity contribution in [2.24, 2.45) is 16.3 Å². The summed E-state index contributed by atoms with van der Waals surface area (Å²) in [5.41, 5.74) is 1.28. The number of rotatable bonds is 8. The van der Waals surface area contributed by atoms with Gasteiger partial charge in [-0.1, -0.05) is 12.1 Å². The number of nitrogens with zero attached hydrogens (tertiary/aromatic N) is 3. The highest BCUT2D eigenvalue weighted by atomic mass is 79.9. The fourth-order valence-electron chi connectivity index (χ4n) is 6.57. The van der Waals surface area contributed by atoms with Gasteiger partial charge in [0.1, 0.15) is 11.9 Å². The summed E-state index contributed by atoms with van der Waals surface area (Å²) in [6.07, 6.45) is 2.58. The van der Waals surface area contributed by atoms with Gasteiger partial charge in [-0.2, -0.15) is 0 Å². The number of likely N-dealkylation sites (tertiary alicyclic amines) is 1. The quantitative estimate of drug-likeness (QED) is 0.440. The minimum absolute atomic E-state index is 0.0601. The van der Waals surface area contributed by atoms with Crippen LogP contribution in [-0.4, -0.2) is 71.2 Å². The first kappa shape index (κ1) is 25.6. The van der Waals surface area contributed by atoms with Crippen molar-refractivity contribution in [1.29, 1.82) is 0 Å². The first-order valence-corrected chi connectivity index (χ1v) is 14.2. The molecule has 2 saturated heterocycles. The smallest absolute Gasteiger partial charge is 0.338 e. The van der Waals surface area contributed by atoms with E-state index in [-0.39, 0.29) is 40.9 Å². The maximum absolute atomic E-state index is 14.6. The Morgan fingerprint density at radius 2 is 2.24 bits per heavy atom. The summed E-state index contributed by atoms with van der Waals surface area (Å²) < 4.78 is 26.2. The van der Waals surface area contributed by atoms with E-state index in [4.69, 9.17) is 14.5 Å². The average Bonchev–Trinajstić information content (AvgIpc) is 3.57. The van der Waals surface area contributed by atoms with Crippen LogP contribution in [0.5, 0.6) is 0 Å². The van der Waals surface area contributed by atoms with Crippen molar-refractivity contribution in [3.63, 3.8) is 0 Å². The number of esters is 1. The average molecular weight is 605 g/mol. The van der Waals surface area contributed by atoms with E-state index in [1.807, 2.05) is 5.38 Å². The molecule has 4 aliphatic rings. The Bertz CT molecular complexity index is 1350. The third-order valence-corrected chi connectivity index (χ3v) is 9.85. The third-order valence-electron chi connectivity index (χ3n) is 8.23. The van der Waals surface area contributed by atoms with E-state index in [0.29, 0.717) is 47.4 Å². The summed E-state index contributed by atoms with van der Waals surface area (Å²) in [4.78, 5) is 36.4. The molecule has 1 aromatic heterocycles. The number of thiazole rings is 1. The molecule has 4 unspecified atom stereocenters. The van der Waals surface area contributed by atoms with Crippen LogP contribution in [0.1, 0.15) is 36.4 Å². The number of hydrogen-bond donors (Lipinski definition) is 2. The maximum Gasteiger partial charge on any atom is 0.338 e. The van der Waals surface area contributed by atoms with Crippen molar-refractivity contribution in [2.75, 3.05) is 26.4 Å². The molecule has 0 bridgehead atoms. The molecule has 3 fully saturated rings.